The average Bonchev–Trinajstić information content (AvgIpc) is 2.38. The summed E-state index contributed by atoms with van der Waals surface area (Å²) in [5, 5.41) is 9.37. The van der Waals surface area contributed by atoms with Gasteiger partial charge in [-0.1, -0.05) is 13.3 Å². The zero-order valence-electron chi connectivity index (χ0n) is 10.8. The first kappa shape index (κ1) is 12.8. The van der Waals surface area contributed by atoms with Crippen LogP contribution in [0.2, 0.25) is 0 Å². The molecule has 2 rings (SSSR count). The van der Waals surface area contributed by atoms with Crippen molar-refractivity contribution in [2.75, 3.05) is 11.4 Å². The Morgan fingerprint density at radius 1 is 1.61 bits per heavy atom. The maximum absolute atomic E-state index is 11.4. The van der Waals surface area contributed by atoms with Crippen molar-refractivity contribution in [1.29, 1.82) is 0 Å². The van der Waals surface area contributed by atoms with Crippen LogP contribution in [0.15, 0.2) is 12.3 Å². The lowest BCUT2D eigenvalue weighted by molar-refractivity contribution is -0.139. The van der Waals surface area contributed by atoms with Gasteiger partial charge in [0.25, 0.3) is 0 Å². The molecule has 1 fully saturated rings. The minimum absolute atomic E-state index is 0.460. The maximum atomic E-state index is 11.4. The number of nitrogens with zero attached hydrogens (tertiary/aromatic N) is 3. The molecule has 18 heavy (non-hydrogen) atoms. The highest BCUT2D eigenvalue weighted by molar-refractivity contribution is 5.78. The van der Waals surface area contributed by atoms with Crippen molar-refractivity contribution >= 4 is 11.8 Å². The number of carbonyl (C=O) groups is 1. The highest BCUT2D eigenvalue weighted by Gasteiger charge is 2.33. The number of anilines is 1. The topological polar surface area (TPSA) is 66.3 Å². The molecule has 0 saturated carbocycles. The molecule has 1 saturated heterocycles. The third kappa shape index (κ3) is 2.60. The Morgan fingerprint density at radius 3 is 3.00 bits per heavy atom. The summed E-state index contributed by atoms with van der Waals surface area (Å²) < 4.78 is 0. The third-order valence-electron chi connectivity index (χ3n) is 3.63. The second-order valence-corrected chi connectivity index (χ2v) is 4.81. The molecule has 2 unspecified atom stereocenters. The molecule has 0 spiro atoms. The van der Waals surface area contributed by atoms with E-state index < -0.39 is 12.0 Å². The van der Waals surface area contributed by atoms with E-state index in [1.165, 1.54) is 0 Å². The van der Waals surface area contributed by atoms with Crippen LogP contribution in [0, 0.1) is 12.8 Å². The molecule has 0 amide bonds. The molecular weight excluding hydrogens is 230 g/mol. The number of rotatable bonds is 3. The number of aromatic nitrogens is 2. The molecule has 0 aromatic carbocycles. The van der Waals surface area contributed by atoms with Crippen LogP contribution < -0.4 is 4.90 Å². The average molecular weight is 249 g/mol. The van der Waals surface area contributed by atoms with Gasteiger partial charge in [-0.2, -0.15) is 0 Å². The van der Waals surface area contributed by atoms with Gasteiger partial charge >= 0.3 is 5.97 Å². The molecule has 1 aliphatic rings. The van der Waals surface area contributed by atoms with Crippen LogP contribution >= 0.6 is 0 Å². The molecule has 2 atom stereocenters. The zero-order chi connectivity index (χ0) is 13.1. The van der Waals surface area contributed by atoms with E-state index in [1.807, 2.05) is 11.8 Å². The summed E-state index contributed by atoms with van der Waals surface area (Å²) >= 11 is 0. The molecule has 1 N–H and O–H groups in total. The van der Waals surface area contributed by atoms with Crippen molar-refractivity contribution in [2.24, 2.45) is 5.92 Å². The predicted molar refractivity (Wildman–Crippen MR) is 68.6 cm³/mol. The first-order valence-corrected chi connectivity index (χ1v) is 6.41. The SMILES string of the molecule is CCC1CCN(c2ccnc(C)n2)C(C(=O)O)C1. The smallest absolute Gasteiger partial charge is 0.326 e. The molecule has 5 heteroatoms. The monoisotopic (exact) mass is 249 g/mol. The molecule has 1 aromatic rings. The van der Waals surface area contributed by atoms with E-state index in [1.54, 1.807) is 12.3 Å². The summed E-state index contributed by atoms with van der Waals surface area (Å²) in [5.74, 6) is 1.15. The summed E-state index contributed by atoms with van der Waals surface area (Å²) in [6.07, 6.45) is 4.46. The summed E-state index contributed by atoms with van der Waals surface area (Å²) in [6.45, 7) is 4.69. The summed E-state index contributed by atoms with van der Waals surface area (Å²) in [6, 6.07) is 1.33. The maximum Gasteiger partial charge on any atom is 0.326 e. The molecule has 1 aliphatic heterocycles. The minimum Gasteiger partial charge on any atom is -0.480 e. The molecule has 0 radical (unpaired) electrons. The van der Waals surface area contributed by atoms with Gasteiger partial charge in [-0.3, -0.25) is 0 Å². The Kier molecular flexibility index (Phi) is 3.79. The van der Waals surface area contributed by atoms with Crippen molar-refractivity contribution in [3.8, 4) is 0 Å². The normalized spacial score (nSPS) is 24.0. The van der Waals surface area contributed by atoms with Crippen LogP contribution in [0.1, 0.15) is 32.0 Å². The molecule has 0 bridgehead atoms. The number of hydrogen-bond acceptors (Lipinski definition) is 4. The Hall–Kier alpha value is -1.65. The van der Waals surface area contributed by atoms with Crippen LogP contribution in [0.25, 0.3) is 0 Å². The number of hydrogen-bond donors (Lipinski definition) is 1. The van der Waals surface area contributed by atoms with E-state index in [9.17, 15) is 9.90 Å². The van der Waals surface area contributed by atoms with Gasteiger partial charge in [0.15, 0.2) is 0 Å². The lowest BCUT2D eigenvalue weighted by Gasteiger charge is -2.37. The standard InChI is InChI=1S/C13H19N3O2/c1-3-10-5-7-16(11(8-10)13(17)18)12-4-6-14-9(2)15-12/h4,6,10-11H,3,5,7-8H2,1-2H3,(H,17,18). The fraction of sp³-hybridized carbons (Fsp3) is 0.615. The molecule has 2 heterocycles. The Labute approximate surface area is 107 Å². The third-order valence-corrected chi connectivity index (χ3v) is 3.63. The Bertz CT molecular complexity index is 436. The second kappa shape index (κ2) is 5.33. The Morgan fingerprint density at radius 2 is 2.39 bits per heavy atom. The highest BCUT2D eigenvalue weighted by Crippen LogP contribution is 2.28. The first-order valence-electron chi connectivity index (χ1n) is 6.41. The van der Waals surface area contributed by atoms with Gasteiger partial charge in [-0.25, -0.2) is 14.8 Å². The Balaban J connectivity index is 2.23. The number of piperidine rings is 1. The van der Waals surface area contributed by atoms with Crippen molar-refractivity contribution < 1.29 is 9.90 Å². The molecular formula is C13H19N3O2. The van der Waals surface area contributed by atoms with Gasteiger partial charge in [0.1, 0.15) is 17.7 Å². The van der Waals surface area contributed by atoms with Crippen LogP contribution in [0.5, 0.6) is 0 Å². The molecule has 5 nitrogen and oxygen atoms in total. The van der Waals surface area contributed by atoms with Crippen molar-refractivity contribution in [3.63, 3.8) is 0 Å². The first-order chi connectivity index (χ1) is 8.61. The number of aryl methyl sites for hydroxylation is 1. The predicted octanol–water partition coefficient (Wildman–Crippen LogP) is 1.86. The summed E-state index contributed by atoms with van der Waals surface area (Å²) in [7, 11) is 0. The second-order valence-electron chi connectivity index (χ2n) is 4.81. The van der Waals surface area contributed by atoms with E-state index in [2.05, 4.69) is 16.9 Å². The van der Waals surface area contributed by atoms with Crippen molar-refractivity contribution in [2.45, 2.75) is 39.2 Å². The quantitative estimate of drug-likeness (QED) is 0.885. The molecule has 1 aromatic heterocycles. The minimum atomic E-state index is -0.760. The molecule has 98 valence electrons. The number of aliphatic carboxylic acids is 1. The lowest BCUT2D eigenvalue weighted by atomic mass is 9.89. The van der Waals surface area contributed by atoms with Crippen molar-refractivity contribution in [3.05, 3.63) is 18.1 Å². The van der Waals surface area contributed by atoms with E-state index in [4.69, 9.17) is 0 Å². The van der Waals surface area contributed by atoms with E-state index >= 15 is 0 Å². The zero-order valence-corrected chi connectivity index (χ0v) is 10.8. The van der Waals surface area contributed by atoms with Gasteiger partial charge in [-0.05, 0) is 31.7 Å². The van der Waals surface area contributed by atoms with Crippen LogP contribution in [0.3, 0.4) is 0 Å². The van der Waals surface area contributed by atoms with E-state index in [0.29, 0.717) is 18.2 Å². The van der Waals surface area contributed by atoms with Gasteiger partial charge in [0, 0.05) is 12.7 Å². The lowest BCUT2D eigenvalue weighted by Crippen LogP contribution is -2.47. The number of carboxylic acids is 1. The van der Waals surface area contributed by atoms with Crippen LogP contribution in [-0.2, 0) is 4.79 Å². The summed E-state index contributed by atoms with van der Waals surface area (Å²) in [4.78, 5) is 21.7. The van der Waals surface area contributed by atoms with Crippen LogP contribution in [0.4, 0.5) is 5.82 Å². The molecule has 0 aliphatic carbocycles. The fourth-order valence-electron chi connectivity index (χ4n) is 2.52. The summed E-state index contributed by atoms with van der Waals surface area (Å²) in [5.41, 5.74) is 0. The van der Waals surface area contributed by atoms with Gasteiger partial charge in [0.2, 0.25) is 0 Å². The van der Waals surface area contributed by atoms with Gasteiger partial charge < -0.3 is 10.0 Å². The highest BCUT2D eigenvalue weighted by atomic mass is 16.4. The largest absolute Gasteiger partial charge is 0.480 e. The van der Waals surface area contributed by atoms with Gasteiger partial charge in [-0.15, -0.1) is 0 Å². The fourth-order valence-corrected chi connectivity index (χ4v) is 2.52. The van der Waals surface area contributed by atoms with E-state index in [-0.39, 0.29) is 0 Å². The van der Waals surface area contributed by atoms with Gasteiger partial charge in [0.05, 0.1) is 0 Å². The van der Waals surface area contributed by atoms with E-state index in [0.717, 1.165) is 25.2 Å². The van der Waals surface area contributed by atoms with Crippen molar-refractivity contribution in [1.82, 2.24) is 9.97 Å². The number of carboxylic acid groups (broad SMARTS) is 1. The van der Waals surface area contributed by atoms with Crippen LogP contribution in [-0.4, -0.2) is 33.6 Å².